The zero-order chi connectivity index (χ0) is 12.1. The minimum Gasteiger partial charge on any atom is -0.170 e. The number of hydrogen-bond donors (Lipinski definition) is 0. The lowest BCUT2D eigenvalue weighted by molar-refractivity contribution is -0.282. The van der Waals surface area contributed by atoms with Crippen molar-refractivity contribution < 1.29 is 26.3 Å². The van der Waals surface area contributed by atoms with Crippen molar-refractivity contribution in [3.63, 3.8) is 0 Å². The number of alkyl halides is 6. The van der Waals surface area contributed by atoms with Gasteiger partial charge in [-0.15, -0.1) is 0 Å². The van der Waals surface area contributed by atoms with Crippen LogP contribution in [0, 0.1) is 5.92 Å². The van der Waals surface area contributed by atoms with E-state index in [1.165, 1.54) is 6.08 Å². The lowest BCUT2D eigenvalue weighted by atomic mass is 10.0. The number of rotatable bonds is 4. The van der Waals surface area contributed by atoms with Crippen LogP contribution in [0.2, 0.25) is 0 Å². The fourth-order valence-electron chi connectivity index (χ4n) is 0.970. The summed E-state index contributed by atoms with van der Waals surface area (Å²) in [5.74, 6) is -3.25. The van der Waals surface area contributed by atoms with Crippen LogP contribution in [0.3, 0.4) is 0 Å². The van der Waals surface area contributed by atoms with Crippen LogP contribution >= 0.6 is 0 Å². The molecule has 0 unspecified atom stereocenters. The first-order chi connectivity index (χ1) is 6.69. The standard InChI is InChI=1S/C9H12F6/c1-2-3-4-5-6-7(8(10,11)12)9(13,14)15/h4-5,7H,2-3,6H2,1H3/b5-4+. The molecule has 0 heterocycles. The highest BCUT2D eigenvalue weighted by Crippen LogP contribution is 2.41. The van der Waals surface area contributed by atoms with Gasteiger partial charge in [-0.25, -0.2) is 0 Å². The molecular formula is C9H12F6. The maximum Gasteiger partial charge on any atom is 0.400 e. The van der Waals surface area contributed by atoms with E-state index in [0.29, 0.717) is 12.8 Å². The average Bonchev–Trinajstić information content (AvgIpc) is 1.99. The van der Waals surface area contributed by atoms with Gasteiger partial charge in [0.05, 0.1) is 0 Å². The van der Waals surface area contributed by atoms with Gasteiger partial charge in [-0.1, -0.05) is 25.5 Å². The summed E-state index contributed by atoms with van der Waals surface area (Å²) in [7, 11) is 0. The molecule has 0 amide bonds. The van der Waals surface area contributed by atoms with Crippen molar-refractivity contribution in [3.8, 4) is 0 Å². The van der Waals surface area contributed by atoms with E-state index in [0.717, 1.165) is 6.08 Å². The van der Waals surface area contributed by atoms with Gasteiger partial charge in [-0.3, -0.25) is 0 Å². The summed E-state index contributed by atoms with van der Waals surface area (Å²) in [6.45, 7) is 1.79. The third kappa shape index (κ3) is 5.69. The van der Waals surface area contributed by atoms with E-state index in [1.54, 1.807) is 6.92 Å². The number of halogens is 6. The Kier molecular flexibility index (Phi) is 5.17. The first-order valence-corrected chi connectivity index (χ1v) is 4.48. The maximum atomic E-state index is 12.0. The zero-order valence-corrected chi connectivity index (χ0v) is 8.12. The molecule has 0 saturated heterocycles. The second kappa shape index (κ2) is 5.42. The highest BCUT2D eigenvalue weighted by molar-refractivity contribution is 4.88. The monoisotopic (exact) mass is 234 g/mol. The van der Waals surface area contributed by atoms with Crippen LogP contribution in [0.1, 0.15) is 26.2 Å². The van der Waals surface area contributed by atoms with Crippen LogP contribution < -0.4 is 0 Å². The van der Waals surface area contributed by atoms with Gasteiger partial charge in [0.2, 0.25) is 0 Å². The van der Waals surface area contributed by atoms with Crippen LogP contribution in [0.25, 0.3) is 0 Å². The molecule has 0 bridgehead atoms. The predicted octanol–water partition coefficient (Wildman–Crippen LogP) is 4.47. The van der Waals surface area contributed by atoms with Crippen molar-refractivity contribution in [2.24, 2.45) is 5.92 Å². The van der Waals surface area contributed by atoms with Crippen LogP contribution in [-0.4, -0.2) is 12.4 Å². The Balaban J connectivity index is 4.42. The van der Waals surface area contributed by atoms with Gasteiger partial charge in [-0.05, 0) is 12.8 Å². The second-order valence-corrected chi connectivity index (χ2v) is 3.13. The molecule has 0 spiro atoms. The molecule has 90 valence electrons. The Hall–Kier alpha value is -0.680. The van der Waals surface area contributed by atoms with E-state index in [1.807, 2.05) is 0 Å². The van der Waals surface area contributed by atoms with Gasteiger partial charge < -0.3 is 0 Å². The minimum absolute atomic E-state index is 0.489. The number of unbranched alkanes of at least 4 members (excludes halogenated alkanes) is 1. The summed E-state index contributed by atoms with van der Waals surface area (Å²) in [5.41, 5.74) is 0. The molecule has 0 aliphatic heterocycles. The summed E-state index contributed by atoms with van der Waals surface area (Å²) >= 11 is 0. The van der Waals surface area contributed by atoms with Crippen molar-refractivity contribution in [3.05, 3.63) is 12.2 Å². The lowest BCUT2D eigenvalue weighted by Crippen LogP contribution is -2.35. The molecule has 0 atom stereocenters. The lowest BCUT2D eigenvalue weighted by Gasteiger charge is -2.21. The third-order valence-corrected chi connectivity index (χ3v) is 1.78. The second-order valence-electron chi connectivity index (χ2n) is 3.13. The van der Waals surface area contributed by atoms with E-state index in [2.05, 4.69) is 0 Å². The Morgan fingerprint density at radius 1 is 0.933 bits per heavy atom. The first-order valence-electron chi connectivity index (χ1n) is 4.48. The molecule has 0 nitrogen and oxygen atoms in total. The van der Waals surface area contributed by atoms with Gasteiger partial charge >= 0.3 is 12.4 Å². The smallest absolute Gasteiger partial charge is 0.170 e. The van der Waals surface area contributed by atoms with Crippen LogP contribution in [0.15, 0.2) is 12.2 Å². The molecule has 15 heavy (non-hydrogen) atoms. The van der Waals surface area contributed by atoms with Crippen LogP contribution in [-0.2, 0) is 0 Å². The van der Waals surface area contributed by atoms with E-state index in [9.17, 15) is 26.3 Å². The summed E-state index contributed by atoms with van der Waals surface area (Å²) in [4.78, 5) is 0. The van der Waals surface area contributed by atoms with E-state index in [-0.39, 0.29) is 0 Å². The molecule has 0 N–H and O–H groups in total. The first kappa shape index (κ1) is 14.3. The van der Waals surface area contributed by atoms with Crippen molar-refractivity contribution in [2.75, 3.05) is 0 Å². The van der Waals surface area contributed by atoms with Crippen molar-refractivity contribution in [1.29, 1.82) is 0 Å². The Labute approximate surface area is 84.0 Å². The summed E-state index contributed by atoms with van der Waals surface area (Å²) in [6, 6.07) is 0. The molecule has 0 aromatic carbocycles. The molecule has 6 heteroatoms. The van der Waals surface area contributed by atoms with Gasteiger partial charge in [0.25, 0.3) is 0 Å². The molecular weight excluding hydrogens is 222 g/mol. The third-order valence-electron chi connectivity index (χ3n) is 1.78. The van der Waals surface area contributed by atoms with Gasteiger partial charge in [0, 0.05) is 0 Å². The minimum atomic E-state index is -5.23. The highest BCUT2D eigenvalue weighted by Gasteiger charge is 2.55. The molecule has 0 aromatic heterocycles. The average molecular weight is 234 g/mol. The fourth-order valence-corrected chi connectivity index (χ4v) is 0.970. The SMILES string of the molecule is CCC/C=C/CC(C(F)(F)F)C(F)(F)F. The normalized spacial score (nSPS) is 14.1. The molecule has 0 rings (SSSR count). The predicted molar refractivity (Wildman–Crippen MR) is 44.3 cm³/mol. The largest absolute Gasteiger partial charge is 0.400 e. The Morgan fingerprint density at radius 3 is 1.73 bits per heavy atom. The summed E-state index contributed by atoms with van der Waals surface area (Å²) in [5, 5.41) is 0. The summed E-state index contributed by atoms with van der Waals surface area (Å²) in [6.07, 6.45) is -8.03. The Bertz CT molecular complexity index is 186. The molecule has 0 fully saturated rings. The number of hydrogen-bond acceptors (Lipinski definition) is 0. The van der Waals surface area contributed by atoms with Crippen LogP contribution in [0.4, 0.5) is 26.3 Å². The van der Waals surface area contributed by atoms with Gasteiger partial charge in [-0.2, -0.15) is 26.3 Å². The van der Waals surface area contributed by atoms with E-state index >= 15 is 0 Å². The van der Waals surface area contributed by atoms with E-state index in [4.69, 9.17) is 0 Å². The maximum absolute atomic E-state index is 12.0. The quantitative estimate of drug-likeness (QED) is 0.497. The highest BCUT2D eigenvalue weighted by atomic mass is 19.4. The molecule has 0 aliphatic rings. The molecule has 0 aromatic rings. The van der Waals surface area contributed by atoms with Gasteiger partial charge in [0.1, 0.15) is 0 Å². The zero-order valence-electron chi connectivity index (χ0n) is 8.12. The Morgan fingerprint density at radius 2 is 1.40 bits per heavy atom. The van der Waals surface area contributed by atoms with Crippen molar-refractivity contribution >= 4 is 0 Å². The van der Waals surface area contributed by atoms with Crippen molar-refractivity contribution in [1.82, 2.24) is 0 Å². The molecule has 0 saturated carbocycles. The van der Waals surface area contributed by atoms with Crippen LogP contribution in [0.5, 0.6) is 0 Å². The molecule has 0 aliphatic carbocycles. The van der Waals surface area contributed by atoms with Gasteiger partial charge in [0.15, 0.2) is 5.92 Å². The number of allylic oxidation sites excluding steroid dienone is 2. The molecule has 0 radical (unpaired) electrons. The van der Waals surface area contributed by atoms with E-state index < -0.39 is 24.7 Å². The van der Waals surface area contributed by atoms with Crippen molar-refractivity contribution in [2.45, 2.75) is 38.5 Å². The summed E-state index contributed by atoms with van der Waals surface area (Å²) < 4.78 is 71.8. The fraction of sp³-hybridized carbons (Fsp3) is 0.778. The topological polar surface area (TPSA) is 0 Å².